The van der Waals surface area contributed by atoms with Gasteiger partial charge in [-0.25, -0.2) is 12.8 Å². The molecular formula is C17H19FN2O4S2. The maximum Gasteiger partial charge on any atom is 0.309 e. The van der Waals surface area contributed by atoms with Crippen molar-refractivity contribution in [3.8, 4) is 0 Å². The summed E-state index contributed by atoms with van der Waals surface area (Å²) < 4.78 is 39.0. The highest BCUT2D eigenvalue weighted by Crippen LogP contribution is 2.31. The molecule has 0 aliphatic rings. The molecule has 0 spiro atoms. The topological polar surface area (TPSA) is 92.3 Å². The molecule has 0 radical (unpaired) electrons. The van der Waals surface area contributed by atoms with Crippen molar-refractivity contribution in [3.63, 3.8) is 0 Å². The number of benzene rings is 1. The lowest BCUT2D eigenvalue weighted by Crippen LogP contribution is -2.44. The zero-order valence-electron chi connectivity index (χ0n) is 14.2. The molecule has 0 saturated heterocycles. The number of thiophene rings is 1. The van der Waals surface area contributed by atoms with Crippen LogP contribution in [-0.2, 0) is 19.4 Å². The molecule has 0 aliphatic heterocycles. The zero-order valence-corrected chi connectivity index (χ0v) is 15.9. The number of sulfone groups is 1. The van der Waals surface area contributed by atoms with E-state index in [0.717, 1.165) is 12.1 Å². The molecule has 0 aliphatic carbocycles. The van der Waals surface area contributed by atoms with Crippen molar-refractivity contribution < 1.29 is 22.4 Å². The Hall–Kier alpha value is -2.26. The van der Waals surface area contributed by atoms with Crippen molar-refractivity contribution in [2.24, 2.45) is 0 Å². The van der Waals surface area contributed by atoms with Crippen molar-refractivity contribution in [2.45, 2.75) is 30.0 Å². The lowest BCUT2D eigenvalue weighted by atomic mass is 10.3. The van der Waals surface area contributed by atoms with E-state index >= 15 is 0 Å². The standard InChI is InChI=1S/C17H19FN2O4S2/c1-11(2)20-17(22)16(21)19-10-15(14-4-3-9-25-14)26(23,24)13-7-5-12(18)6-8-13/h3-9,11,15H,10H2,1-2H3,(H,19,21)(H,20,22). The van der Waals surface area contributed by atoms with E-state index in [-0.39, 0.29) is 17.5 Å². The minimum absolute atomic E-state index is 0.0572. The van der Waals surface area contributed by atoms with Gasteiger partial charge in [0, 0.05) is 17.5 Å². The molecular weight excluding hydrogens is 379 g/mol. The number of hydrogen-bond acceptors (Lipinski definition) is 5. The quantitative estimate of drug-likeness (QED) is 0.575. The molecule has 2 rings (SSSR count). The summed E-state index contributed by atoms with van der Waals surface area (Å²) in [5, 5.41) is 5.44. The third kappa shape index (κ3) is 4.89. The highest BCUT2D eigenvalue weighted by atomic mass is 32.2. The number of amides is 2. The molecule has 0 fully saturated rings. The first-order chi connectivity index (χ1) is 12.2. The van der Waals surface area contributed by atoms with Crippen molar-refractivity contribution in [2.75, 3.05) is 6.54 Å². The first-order valence-corrected chi connectivity index (χ1v) is 10.3. The number of hydrogen-bond donors (Lipinski definition) is 2. The summed E-state index contributed by atoms with van der Waals surface area (Å²) >= 11 is 1.22. The predicted molar refractivity (Wildman–Crippen MR) is 96.9 cm³/mol. The van der Waals surface area contributed by atoms with Gasteiger partial charge in [-0.15, -0.1) is 11.3 Å². The van der Waals surface area contributed by atoms with Crippen LogP contribution in [0.5, 0.6) is 0 Å². The molecule has 1 aromatic heterocycles. The fourth-order valence-electron chi connectivity index (χ4n) is 2.22. The average molecular weight is 398 g/mol. The van der Waals surface area contributed by atoms with E-state index < -0.39 is 32.7 Å². The fourth-order valence-corrected chi connectivity index (χ4v) is 5.00. The first-order valence-electron chi connectivity index (χ1n) is 7.83. The fraction of sp³-hybridized carbons (Fsp3) is 0.294. The number of carbonyl (C=O) groups is 2. The molecule has 2 amide bonds. The Balaban J connectivity index is 2.24. The van der Waals surface area contributed by atoms with Gasteiger partial charge in [0.25, 0.3) is 0 Å². The van der Waals surface area contributed by atoms with Crippen molar-refractivity contribution in [1.29, 1.82) is 0 Å². The number of carbonyl (C=O) groups excluding carboxylic acids is 2. The highest BCUT2D eigenvalue weighted by molar-refractivity contribution is 7.91. The Labute approximate surface area is 155 Å². The third-order valence-corrected chi connectivity index (χ3v) is 6.69. The zero-order chi connectivity index (χ0) is 19.3. The van der Waals surface area contributed by atoms with Crippen LogP contribution in [0.2, 0.25) is 0 Å². The maximum absolute atomic E-state index is 13.1. The number of nitrogens with one attached hydrogen (secondary N) is 2. The molecule has 1 heterocycles. The molecule has 0 saturated carbocycles. The molecule has 0 bridgehead atoms. The number of halogens is 1. The van der Waals surface area contributed by atoms with Crippen molar-refractivity contribution in [3.05, 3.63) is 52.5 Å². The second kappa shape index (κ2) is 8.41. The molecule has 9 heteroatoms. The average Bonchev–Trinajstić information content (AvgIpc) is 3.08. The van der Waals surface area contributed by atoms with Crippen LogP contribution in [0.15, 0.2) is 46.7 Å². The van der Waals surface area contributed by atoms with E-state index in [9.17, 15) is 22.4 Å². The van der Waals surface area contributed by atoms with Gasteiger partial charge in [0.15, 0.2) is 9.84 Å². The van der Waals surface area contributed by atoms with Gasteiger partial charge in [0.05, 0.1) is 4.90 Å². The van der Waals surface area contributed by atoms with Gasteiger partial charge in [0.2, 0.25) is 0 Å². The van der Waals surface area contributed by atoms with Gasteiger partial charge in [-0.2, -0.15) is 0 Å². The van der Waals surface area contributed by atoms with Gasteiger partial charge in [-0.3, -0.25) is 9.59 Å². The molecule has 1 aromatic carbocycles. The number of rotatable bonds is 6. The van der Waals surface area contributed by atoms with Crippen LogP contribution in [0.1, 0.15) is 24.0 Å². The summed E-state index contributed by atoms with van der Waals surface area (Å²) in [6, 6.07) is 7.60. The van der Waals surface area contributed by atoms with Crippen LogP contribution < -0.4 is 10.6 Å². The Morgan fingerprint density at radius 3 is 2.31 bits per heavy atom. The lowest BCUT2D eigenvalue weighted by molar-refractivity contribution is -0.139. The largest absolute Gasteiger partial charge is 0.346 e. The Morgan fingerprint density at radius 1 is 1.12 bits per heavy atom. The third-order valence-electron chi connectivity index (χ3n) is 3.45. The Kier molecular flexibility index (Phi) is 6.49. The van der Waals surface area contributed by atoms with E-state index in [1.165, 1.54) is 23.5 Å². The monoisotopic (exact) mass is 398 g/mol. The van der Waals surface area contributed by atoms with Gasteiger partial charge in [-0.1, -0.05) is 6.07 Å². The summed E-state index contributed by atoms with van der Waals surface area (Å²) in [7, 11) is -3.89. The molecule has 6 nitrogen and oxygen atoms in total. The van der Waals surface area contributed by atoms with Gasteiger partial charge in [-0.05, 0) is 49.6 Å². The van der Waals surface area contributed by atoms with E-state index in [1.807, 2.05) is 0 Å². The molecule has 2 N–H and O–H groups in total. The summed E-state index contributed by atoms with van der Waals surface area (Å²) in [6.45, 7) is 3.14. The minimum atomic E-state index is -3.89. The van der Waals surface area contributed by atoms with E-state index in [0.29, 0.717) is 4.88 Å². The van der Waals surface area contributed by atoms with Crippen LogP contribution in [0.4, 0.5) is 4.39 Å². The molecule has 2 aromatic rings. The van der Waals surface area contributed by atoms with Crippen LogP contribution in [0.3, 0.4) is 0 Å². The Bertz CT molecular complexity index is 863. The minimum Gasteiger partial charge on any atom is -0.346 e. The first kappa shape index (κ1) is 20.1. The molecule has 1 atom stereocenters. The normalized spacial score (nSPS) is 12.6. The van der Waals surface area contributed by atoms with Crippen LogP contribution in [0, 0.1) is 5.82 Å². The summed E-state index contributed by atoms with van der Waals surface area (Å²) in [4.78, 5) is 24.1. The van der Waals surface area contributed by atoms with Crippen LogP contribution >= 0.6 is 11.3 Å². The Morgan fingerprint density at radius 2 is 1.77 bits per heavy atom. The van der Waals surface area contributed by atoms with E-state index in [1.54, 1.807) is 31.4 Å². The second-order valence-electron chi connectivity index (χ2n) is 5.84. The maximum atomic E-state index is 13.1. The summed E-state index contributed by atoms with van der Waals surface area (Å²) in [5.41, 5.74) is 0. The highest BCUT2D eigenvalue weighted by Gasteiger charge is 2.31. The molecule has 26 heavy (non-hydrogen) atoms. The van der Waals surface area contributed by atoms with Crippen molar-refractivity contribution >= 4 is 33.0 Å². The van der Waals surface area contributed by atoms with Crippen molar-refractivity contribution in [1.82, 2.24) is 10.6 Å². The van der Waals surface area contributed by atoms with Gasteiger partial charge in [0.1, 0.15) is 11.1 Å². The van der Waals surface area contributed by atoms with E-state index in [2.05, 4.69) is 10.6 Å². The summed E-state index contributed by atoms with van der Waals surface area (Å²) in [6.07, 6.45) is 0. The SMILES string of the molecule is CC(C)NC(=O)C(=O)NCC(c1cccs1)S(=O)(=O)c1ccc(F)cc1. The second-order valence-corrected chi connectivity index (χ2v) is 8.95. The smallest absolute Gasteiger partial charge is 0.309 e. The lowest BCUT2D eigenvalue weighted by Gasteiger charge is -2.17. The van der Waals surface area contributed by atoms with Gasteiger partial charge >= 0.3 is 11.8 Å². The summed E-state index contributed by atoms with van der Waals surface area (Å²) in [5.74, 6) is -2.28. The molecule has 1 unspecified atom stereocenters. The predicted octanol–water partition coefficient (Wildman–Crippen LogP) is 2.04. The van der Waals surface area contributed by atoms with Gasteiger partial charge < -0.3 is 10.6 Å². The molecule has 140 valence electrons. The van der Waals surface area contributed by atoms with Crippen LogP contribution in [0.25, 0.3) is 0 Å². The van der Waals surface area contributed by atoms with Crippen LogP contribution in [-0.4, -0.2) is 32.8 Å². The van der Waals surface area contributed by atoms with E-state index in [4.69, 9.17) is 0 Å².